The molecular formula is C20H20O6S2. The molecule has 148 valence electrons. The Hall–Kier alpha value is -1.68. The Kier molecular flexibility index (Phi) is 6.92. The quantitative estimate of drug-likeness (QED) is 0.323. The third-order valence-electron chi connectivity index (χ3n) is 4.26. The molecule has 0 radical (unpaired) electrons. The summed E-state index contributed by atoms with van der Waals surface area (Å²) in [6, 6.07) is 10.2. The molecule has 0 saturated heterocycles. The predicted octanol–water partition coefficient (Wildman–Crippen LogP) is 2.05. The number of carbonyl (C=O) groups is 2. The fourth-order valence-corrected chi connectivity index (χ4v) is 5.11. The fraction of sp³-hybridized carbons (Fsp3) is 0.300. The topological polar surface area (TPSA) is 115 Å². The average Bonchev–Trinajstić information content (AvgIpc) is 2.65. The molecular weight excluding hydrogens is 400 g/mol. The van der Waals surface area contributed by atoms with E-state index >= 15 is 0 Å². The molecule has 0 spiro atoms. The van der Waals surface area contributed by atoms with E-state index < -0.39 is 12.6 Å². The van der Waals surface area contributed by atoms with E-state index in [1.807, 2.05) is 0 Å². The highest BCUT2D eigenvalue weighted by Gasteiger charge is 2.33. The largest absolute Gasteiger partial charge is 0.368 e. The Bertz CT molecular complexity index is 821. The minimum atomic E-state index is -1.41. The Morgan fingerprint density at radius 3 is 1.43 bits per heavy atom. The highest BCUT2D eigenvalue weighted by Crippen LogP contribution is 2.38. The monoisotopic (exact) mass is 420 g/mol. The lowest BCUT2D eigenvalue weighted by molar-refractivity contribution is -0.0411. The van der Waals surface area contributed by atoms with E-state index in [-0.39, 0.29) is 24.4 Å². The van der Waals surface area contributed by atoms with Gasteiger partial charge < -0.3 is 20.4 Å². The molecule has 28 heavy (non-hydrogen) atoms. The molecule has 4 N–H and O–H groups in total. The molecule has 0 bridgehead atoms. The number of aliphatic hydroxyl groups is 4. The number of aliphatic hydroxyl groups excluding tert-OH is 2. The predicted molar refractivity (Wildman–Crippen MR) is 107 cm³/mol. The number of carbonyl (C=O) groups excluding carboxylic acids is 2. The van der Waals surface area contributed by atoms with E-state index in [0.717, 1.165) is 0 Å². The zero-order valence-electron chi connectivity index (χ0n) is 14.9. The molecule has 0 amide bonds. The van der Waals surface area contributed by atoms with E-state index in [4.69, 9.17) is 20.4 Å². The number of rotatable bonds is 8. The lowest BCUT2D eigenvalue weighted by Gasteiger charge is -2.22. The van der Waals surface area contributed by atoms with Gasteiger partial charge in [-0.25, -0.2) is 0 Å². The molecule has 0 unspecified atom stereocenters. The van der Waals surface area contributed by atoms with E-state index in [1.165, 1.54) is 23.5 Å². The average molecular weight is 421 g/mol. The van der Waals surface area contributed by atoms with Gasteiger partial charge in [-0.3, -0.25) is 9.59 Å². The van der Waals surface area contributed by atoms with Gasteiger partial charge in [0.2, 0.25) is 0 Å². The van der Waals surface area contributed by atoms with Crippen LogP contribution in [-0.2, 0) is 0 Å². The molecule has 0 aromatic heterocycles. The first kappa shape index (κ1) is 21.0. The van der Waals surface area contributed by atoms with Gasteiger partial charge in [0.1, 0.15) is 0 Å². The normalized spacial score (nSPS) is 13.2. The van der Waals surface area contributed by atoms with Crippen LogP contribution in [0.15, 0.2) is 46.2 Å². The van der Waals surface area contributed by atoms with Crippen LogP contribution in [0.2, 0.25) is 0 Å². The van der Waals surface area contributed by atoms with Crippen LogP contribution < -0.4 is 0 Å². The third-order valence-corrected chi connectivity index (χ3v) is 6.45. The lowest BCUT2D eigenvalue weighted by Crippen LogP contribution is -2.22. The number of hydrogen-bond donors (Lipinski definition) is 4. The van der Waals surface area contributed by atoms with Gasteiger partial charge in [0, 0.05) is 56.4 Å². The van der Waals surface area contributed by atoms with E-state index in [2.05, 4.69) is 0 Å². The summed E-state index contributed by atoms with van der Waals surface area (Å²) in [6.45, 7) is 0. The van der Waals surface area contributed by atoms with Crippen molar-refractivity contribution < 1.29 is 30.0 Å². The van der Waals surface area contributed by atoms with E-state index in [1.54, 1.807) is 36.4 Å². The van der Waals surface area contributed by atoms with Crippen LogP contribution in [0.1, 0.15) is 44.7 Å². The first-order chi connectivity index (χ1) is 13.4. The lowest BCUT2D eigenvalue weighted by atomic mass is 9.84. The van der Waals surface area contributed by atoms with Crippen molar-refractivity contribution in [2.75, 3.05) is 11.5 Å². The summed E-state index contributed by atoms with van der Waals surface area (Å²) in [5.41, 5.74) is 1.38. The Balaban J connectivity index is 1.94. The number of ketones is 2. The van der Waals surface area contributed by atoms with Crippen LogP contribution >= 0.6 is 23.5 Å². The second-order valence-electron chi connectivity index (χ2n) is 6.25. The maximum absolute atomic E-state index is 13.2. The van der Waals surface area contributed by atoms with Gasteiger partial charge >= 0.3 is 0 Å². The van der Waals surface area contributed by atoms with Crippen LogP contribution in [0.4, 0.5) is 0 Å². The minimum absolute atomic E-state index is 0.157. The summed E-state index contributed by atoms with van der Waals surface area (Å²) in [5.74, 6) is 0.340. The van der Waals surface area contributed by atoms with Gasteiger partial charge in [0.25, 0.3) is 0 Å². The summed E-state index contributed by atoms with van der Waals surface area (Å²) in [4.78, 5) is 27.6. The highest BCUT2D eigenvalue weighted by atomic mass is 32.2. The number of benzene rings is 2. The molecule has 3 rings (SSSR count). The molecule has 1 aliphatic carbocycles. The summed E-state index contributed by atoms with van der Waals surface area (Å²) in [5, 5.41) is 36.1. The van der Waals surface area contributed by atoms with E-state index in [0.29, 0.717) is 43.6 Å². The summed E-state index contributed by atoms with van der Waals surface area (Å²) in [7, 11) is 0. The molecule has 2 aromatic rings. The second-order valence-corrected chi connectivity index (χ2v) is 8.52. The minimum Gasteiger partial charge on any atom is -0.368 e. The van der Waals surface area contributed by atoms with E-state index in [9.17, 15) is 9.59 Å². The van der Waals surface area contributed by atoms with Crippen molar-refractivity contribution in [3.63, 3.8) is 0 Å². The maximum atomic E-state index is 13.2. The zero-order chi connectivity index (χ0) is 20.3. The van der Waals surface area contributed by atoms with Crippen molar-refractivity contribution >= 4 is 35.1 Å². The van der Waals surface area contributed by atoms with Crippen LogP contribution in [0.5, 0.6) is 0 Å². The van der Waals surface area contributed by atoms with Gasteiger partial charge in [0.15, 0.2) is 24.1 Å². The smallest absolute Gasteiger partial charge is 0.195 e. The van der Waals surface area contributed by atoms with Gasteiger partial charge in [-0.2, -0.15) is 0 Å². The van der Waals surface area contributed by atoms with Crippen molar-refractivity contribution in [2.45, 2.75) is 35.2 Å². The highest BCUT2D eigenvalue weighted by molar-refractivity contribution is 7.99. The number of fused-ring (bicyclic) bond motifs is 2. The molecule has 0 atom stereocenters. The van der Waals surface area contributed by atoms with Crippen LogP contribution in [-0.4, -0.2) is 56.1 Å². The van der Waals surface area contributed by atoms with Crippen molar-refractivity contribution in [3.8, 4) is 0 Å². The number of thioether (sulfide) groups is 2. The summed E-state index contributed by atoms with van der Waals surface area (Å²) in [6.07, 6.45) is -2.51. The maximum Gasteiger partial charge on any atom is 0.195 e. The van der Waals surface area contributed by atoms with Gasteiger partial charge in [-0.15, -0.1) is 23.5 Å². The molecule has 0 heterocycles. The van der Waals surface area contributed by atoms with Crippen molar-refractivity contribution in [1.82, 2.24) is 0 Å². The van der Waals surface area contributed by atoms with Gasteiger partial charge in [-0.05, 0) is 12.1 Å². The van der Waals surface area contributed by atoms with Crippen LogP contribution in [0.3, 0.4) is 0 Å². The zero-order valence-corrected chi connectivity index (χ0v) is 16.5. The third kappa shape index (κ3) is 4.48. The standard InChI is InChI=1S/C20H20O6S2/c21-15(22)7-9-27-13-5-1-3-11-17(13)20(26)12-4-2-6-14(18(12)19(11)25)28-10-8-16(23)24/h1-6,15-16,21-24H,7-10H2. The first-order valence-corrected chi connectivity index (χ1v) is 10.7. The van der Waals surface area contributed by atoms with Gasteiger partial charge in [0.05, 0.1) is 0 Å². The van der Waals surface area contributed by atoms with Crippen molar-refractivity contribution in [2.24, 2.45) is 0 Å². The fourth-order valence-electron chi connectivity index (χ4n) is 2.97. The molecule has 8 heteroatoms. The molecule has 1 aliphatic rings. The van der Waals surface area contributed by atoms with Crippen LogP contribution in [0, 0.1) is 0 Å². The Morgan fingerprint density at radius 1 is 0.679 bits per heavy atom. The molecule has 0 saturated carbocycles. The summed E-state index contributed by atoms with van der Waals surface area (Å²) < 4.78 is 0. The van der Waals surface area contributed by atoms with Gasteiger partial charge in [-0.1, -0.05) is 24.3 Å². The van der Waals surface area contributed by atoms with Crippen molar-refractivity contribution in [3.05, 3.63) is 58.7 Å². The number of hydrogen-bond acceptors (Lipinski definition) is 8. The van der Waals surface area contributed by atoms with Crippen LogP contribution in [0.25, 0.3) is 0 Å². The second kappa shape index (κ2) is 9.21. The summed E-state index contributed by atoms with van der Waals surface area (Å²) >= 11 is 2.62. The Morgan fingerprint density at radius 2 is 1.07 bits per heavy atom. The molecule has 0 aliphatic heterocycles. The molecule has 6 nitrogen and oxygen atoms in total. The first-order valence-electron chi connectivity index (χ1n) is 8.73. The molecule has 0 fully saturated rings. The van der Waals surface area contributed by atoms with Crippen molar-refractivity contribution in [1.29, 1.82) is 0 Å². The molecule has 2 aromatic carbocycles. The SMILES string of the molecule is O=C1c2cccc(SCCC(O)O)c2C(=O)c2cccc(SCCC(O)O)c21. The Labute approximate surface area is 170 Å².